The van der Waals surface area contributed by atoms with Crippen LogP contribution in [0.4, 0.5) is 0 Å². The van der Waals surface area contributed by atoms with E-state index in [9.17, 15) is 0 Å². The predicted octanol–water partition coefficient (Wildman–Crippen LogP) is 1.83. The lowest BCUT2D eigenvalue weighted by Crippen LogP contribution is -2.54. The van der Waals surface area contributed by atoms with E-state index < -0.39 is 0 Å². The van der Waals surface area contributed by atoms with Crippen LogP contribution in [0, 0.1) is 6.92 Å². The van der Waals surface area contributed by atoms with Crippen molar-refractivity contribution >= 4 is 0 Å². The molecule has 2 fully saturated rings. The number of hydrogen-bond acceptors (Lipinski definition) is 3. The van der Waals surface area contributed by atoms with Crippen LogP contribution in [0.3, 0.4) is 0 Å². The van der Waals surface area contributed by atoms with E-state index in [1.165, 1.54) is 37.7 Å². The molecule has 4 heteroatoms. The van der Waals surface area contributed by atoms with Gasteiger partial charge in [-0.05, 0) is 39.7 Å². The third-order valence-electron chi connectivity index (χ3n) is 5.04. The average Bonchev–Trinajstić information content (AvgIpc) is 2.66. The highest BCUT2D eigenvalue weighted by Crippen LogP contribution is 2.32. The predicted molar refractivity (Wildman–Crippen MR) is 77.0 cm³/mol. The molecule has 1 N–H and O–H groups in total. The second-order valence-electron chi connectivity index (χ2n) is 6.37. The van der Waals surface area contributed by atoms with E-state index in [2.05, 4.69) is 35.5 Å². The zero-order valence-corrected chi connectivity index (χ0v) is 12.4. The molecular weight excluding hydrogens is 236 g/mol. The lowest BCUT2D eigenvalue weighted by Gasteiger charge is -2.47. The Morgan fingerprint density at radius 1 is 1.26 bits per heavy atom. The molecule has 3 heterocycles. The topological polar surface area (TPSA) is 33.1 Å². The summed E-state index contributed by atoms with van der Waals surface area (Å²) in [7, 11) is 4.31. The summed E-state index contributed by atoms with van der Waals surface area (Å²) in [5.74, 6) is 0. The molecule has 2 aliphatic rings. The van der Waals surface area contributed by atoms with Crippen molar-refractivity contribution in [2.24, 2.45) is 7.05 Å². The number of fused-ring (bicyclic) bond motifs is 2. The van der Waals surface area contributed by atoms with E-state index >= 15 is 0 Å². The van der Waals surface area contributed by atoms with E-state index in [-0.39, 0.29) is 0 Å². The fourth-order valence-electron chi connectivity index (χ4n) is 3.86. The van der Waals surface area contributed by atoms with Gasteiger partial charge in [0.05, 0.1) is 5.69 Å². The zero-order chi connectivity index (χ0) is 13.4. The summed E-state index contributed by atoms with van der Waals surface area (Å²) in [5.41, 5.74) is 2.50. The summed E-state index contributed by atoms with van der Waals surface area (Å²) in [6.45, 7) is 3.06. The number of nitrogens with one attached hydrogen (secondary N) is 1. The molecule has 19 heavy (non-hydrogen) atoms. The van der Waals surface area contributed by atoms with Gasteiger partial charge in [0.25, 0.3) is 0 Å². The van der Waals surface area contributed by atoms with E-state index in [1.807, 2.05) is 11.7 Å². The molecule has 4 nitrogen and oxygen atoms in total. The van der Waals surface area contributed by atoms with Crippen molar-refractivity contribution in [2.75, 3.05) is 7.05 Å². The fraction of sp³-hybridized carbons (Fsp3) is 0.800. The molecule has 1 aromatic heterocycles. The molecular formula is C15H26N4. The second kappa shape index (κ2) is 5.25. The summed E-state index contributed by atoms with van der Waals surface area (Å²) in [4.78, 5) is 2.62. The normalized spacial score (nSPS) is 31.6. The van der Waals surface area contributed by atoms with Gasteiger partial charge in [0.2, 0.25) is 0 Å². The molecule has 0 amide bonds. The Labute approximate surface area is 116 Å². The molecule has 2 saturated heterocycles. The molecule has 2 unspecified atom stereocenters. The first-order valence-electron chi connectivity index (χ1n) is 7.58. The summed E-state index contributed by atoms with van der Waals surface area (Å²) in [6.07, 6.45) is 8.96. The zero-order valence-electron chi connectivity index (χ0n) is 12.4. The first-order valence-corrected chi connectivity index (χ1v) is 7.58. The van der Waals surface area contributed by atoms with Crippen molar-refractivity contribution in [3.63, 3.8) is 0 Å². The molecule has 0 radical (unpaired) electrons. The maximum absolute atomic E-state index is 4.41. The molecule has 2 bridgehead atoms. The first kappa shape index (κ1) is 13.1. The second-order valence-corrected chi connectivity index (χ2v) is 6.37. The Morgan fingerprint density at radius 3 is 2.53 bits per heavy atom. The van der Waals surface area contributed by atoms with Crippen LogP contribution in [0.15, 0.2) is 6.20 Å². The van der Waals surface area contributed by atoms with Crippen molar-refractivity contribution in [3.05, 3.63) is 17.5 Å². The first-order chi connectivity index (χ1) is 9.13. The maximum atomic E-state index is 4.41. The largest absolute Gasteiger partial charge is 0.310 e. The van der Waals surface area contributed by atoms with Crippen molar-refractivity contribution in [1.29, 1.82) is 0 Å². The van der Waals surface area contributed by atoms with E-state index in [0.29, 0.717) is 6.04 Å². The van der Waals surface area contributed by atoms with Gasteiger partial charge in [-0.1, -0.05) is 6.42 Å². The minimum atomic E-state index is 0.686. The molecule has 1 aromatic rings. The van der Waals surface area contributed by atoms with E-state index in [4.69, 9.17) is 0 Å². The van der Waals surface area contributed by atoms with Crippen molar-refractivity contribution in [3.8, 4) is 0 Å². The monoisotopic (exact) mass is 262 g/mol. The number of nitrogens with zero attached hydrogens (tertiary/aromatic N) is 3. The van der Waals surface area contributed by atoms with Crippen LogP contribution in [0.2, 0.25) is 0 Å². The Hall–Kier alpha value is -0.870. The summed E-state index contributed by atoms with van der Waals surface area (Å²) < 4.78 is 1.91. The van der Waals surface area contributed by atoms with Gasteiger partial charge >= 0.3 is 0 Å². The minimum absolute atomic E-state index is 0.686. The van der Waals surface area contributed by atoms with Crippen LogP contribution in [0.1, 0.15) is 43.4 Å². The fourth-order valence-corrected chi connectivity index (χ4v) is 3.86. The van der Waals surface area contributed by atoms with Crippen LogP contribution in [-0.4, -0.2) is 39.9 Å². The Balaban J connectivity index is 1.58. The minimum Gasteiger partial charge on any atom is -0.310 e. The van der Waals surface area contributed by atoms with Crippen molar-refractivity contribution in [2.45, 2.75) is 63.7 Å². The highest BCUT2D eigenvalue weighted by Gasteiger charge is 2.35. The molecule has 2 aliphatic heterocycles. The number of hydrogen-bond donors (Lipinski definition) is 1. The van der Waals surface area contributed by atoms with Gasteiger partial charge in [0.1, 0.15) is 0 Å². The molecule has 0 saturated carbocycles. The van der Waals surface area contributed by atoms with Gasteiger partial charge in [0.15, 0.2) is 0 Å². The lowest BCUT2D eigenvalue weighted by atomic mass is 9.82. The van der Waals surface area contributed by atoms with Gasteiger partial charge in [-0.2, -0.15) is 5.10 Å². The van der Waals surface area contributed by atoms with Crippen molar-refractivity contribution in [1.82, 2.24) is 20.0 Å². The summed E-state index contributed by atoms with van der Waals surface area (Å²) >= 11 is 0. The molecule has 3 rings (SSSR count). The third kappa shape index (κ3) is 2.70. The molecule has 106 valence electrons. The van der Waals surface area contributed by atoms with Crippen LogP contribution in [0.5, 0.6) is 0 Å². The number of rotatable bonds is 3. The van der Waals surface area contributed by atoms with Crippen LogP contribution >= 0.6 is 0 Å². The van der Waals surface area contributed by atoms with Crippen LogP contribution < -0.4 is 5.32 Å². The molecule has 0 spiro atoms. The standard InChI is InChI=1S/C15H26N4/c1-11-12(10-18(2)17-11)9-16-13-7-14-5-4-6-15(8-13)19(14)3/h10,13-16H,4-9H2,1-3H3. The maximum Gasteiger partial charge on any atom is 0.0638 e. The summed E-state index contributed by atoms with van der Waals surface area (Å²) in [5, 5.41) is 8.17. The Bertz CT molecular complexity index is 425. The third-order valence-corrected chi connectivity index (χ3v) is 5.04. The van der Waals surface area contributed by atoms with Gasteiger partial charge in [0, 0.05) is 43.5 Å². The van der Waals surface area contributed by atoms with E-state index in [0.717, 1.165) is 24.3 Å². The number of aryl methyl sites for hydroxylation is 2. The lowest BCUT2D eigenvalue weighted by molar-refractivity contribution is 0.0482. The summed E-state index contributed by atoms with van der Waals surface area (Å²) in [6, 6.07) is 2.30. The highest BCUT2D eigenvalue weighted by atomic mass is 15.3. The Kier molecular flexibility index (Phi) is 3.63. The Morgan fingerprint density at radius 2 is 1.95 bits per heavy atom. The molecule has 0 aromatic carbocycles. The number of aromatic nitrogens is 2. The van der Waals surface area contributed by atoms with Gasteiger partial charge in [-0.3, -0.25) is 4.68 Å². The molecule has 2 atom stereocenters. The number of piperidine rings is 2. The van der Waals surface area contributed by atoms with Crippen LogP contribution in [-0.2, 0) is 13.6 Å². The SMILES string of the molecule is Cc1nn(C)cc1CNC1CC2CCCC(C1)N2C. The van der Waals surface area contributed by atoms with Crippen molar-refractivity contribution < 1.29 is 0 Å². The van der Waals surface area contributed by atoms with Gasteiger partial charge in [-0.25, -0.2) is 0 Å². The molecule has 0 aliphatic carbocycles. The smallest absolute Gasteiger partial charge is 0.0638 e. The highest BCUT2D eigenvalue weighted by molar-refractivity contribution is 5.15. The van der Waals surface area contributed by atoms with E-state index in [1.54, 1.807) is 0 Å². The average molecular weight is 262 g/mol. The quantitative estimate of drug-likeness (QED) is 0.902. The van der Waals surface area contributed by atoms with Gasteiger partial charge < -0.3 is 10.2 Å². The van der Waals surface area contributed by atoms with Crippen LogP contribution in [0.25, 0.3) is 0 Å². The van der Waals surface area contributed by atoms with Gasteiger partial charge in [-0.15, -0.1) is 0 Å².